The van der Waals surface area contributed by atoms with E-state index in [1.807, 2.05) is 6.92 Å². The molecule has 0 spiro atoms. The molecule has 1 atom stereocenters. The summed E-state index contributed by atoms with van der Waals surface area (Å²) >= 11 is 0. The molecule has 0 aromatic rings. The number of alkyl halides is 1. The number of carbonyl (C=O) groups is 2. The zero-order valence-electron chi connectivity index (χ0n) is 10.8. The first-order valence-electron chi connectivity index (χ1n) is 6.13. The van der Waals surface area contributed by atoms with E-state index in [-0.39, 0.29) is 18.2 Å². The van der Waals surface area contributed by atoms with Gasteiger partial charge in [-0.15, -0.1) is 0 Å². The molecule has 1 heterocycles. The van der Waals surface area contributed by atoms with Crippen LogP contribution in [0.1, 0.15) is 40.0 Å². The molecule has 0 aromatic heterocycles. The highest BCUT2D eigenvalue weighted by atomic mass is 19.1. The van der Waals surface area contributed by atoms with Crippen LogP contribution in [0.4, 0.5) is 4.39 Å². The van der Waals surface area contributed by atoms with E-state index in [4.69, 9.17) is 0 Å². The maximum Gasteiger partial charge on any atom is 0.248 e. The van der Waals surface area contributed by atoms with Gasteiger partial charge in [0.25, 0.3) is 0 Å². The quantitative estimate of drug-likeness (QED) is 0.791. The molecule has 1 fully saturated rings. The van der Waals surface area contributed by atoms with Crippen LogP contribution in [0.15, 0.2) is 0 Å². The molecular weight excluding hydrogens is 223 g/mol. The fourth-order valence-electron chi connectivity index (χ4n) is 2.13. The van der Waals surface area contributed by atoms with Crippen molar-refractivity contribution in [3.8, 4) is 0 Å². The van der Waals surface area contributed by atoms with Gasteiger partial charge in [-0.2, -0.15) is 0 Å². The second-order valence-corrected chi connectivity index (χ2v) is 4.96. The van der Waals surface area contributed by atoms with Crippen molar-refractivity contribution in [2.75, 3.05) is 13.2 Å². The van der Waals surface area contributed by atoms with Crippen LogP contribution in [0.5, 0.6) is 0 Å². The van der Waals surface area contributed by atoms with Crippen LogP contribution in [0.3, 0.4) is 0 Å². The van der Waals surface area contributed by atoms with E-state index >= 15 is 0 Å². The number of carbonyl (C=O) groups excluding carboxylic acids is 2. The molecule has 1 aliphatic rings. The van der Waals surface area contributed by atoms with Gasteiger partial charge in [-0.3, -0.25) is 14.0 Å². The summed E-state index contributed by atoms with van der Waals surface area (Å²) in [5.74, 6) is -0.251. The zero-order chi connectivity index (χ0) is 13.1. The van der Waals surface area contributed by atoms with Crippen molar-refractivity contribution >= 4 is 11.8 Å². The molecule has 1 aliphatic heterocycles. The summed E-state index contributed by atoms with van der Waals surface area (Å²) in [7, 11) is 0. The Morgan fingerprint density at radius 3 is 2.59 bits per heavy atom. The summed E-state index contributed by atoms with van der Waals surface area (Å²) < 4.78 is 12.2. The van der Waals surface area contributed by atoms with Crippen LogP contribution in [0.2, 0.25) is 0 Å². The van der Waals surface area contributed by atoms with Gasteiger partial charge < -0.3 is 10.2 Å². The lowest BCUT2D eigenvalue weighted by Gasteiger charge is -2.42. The second-order valence-electron chi connectivity index (χ2n) is 4.96. The van der Waals surface area contributed by atoms with Gasteiger partial charge in [0, 0.05) is 6.54 Å². The minimum Gasteiger partial charge on any atom is -0.340 e. The van der Waals surface area contributed by atoms with Crippen LogP contribution in [-0.2, 0) is 9.59 Å². The molecule has 0 saturated carbocycles. The van der Waals surface area contributed by atoms with Crippen LogP contribution >= 0.6 is 0 Å². The Balaban J connectivity index is 2.87. The van der Waals surface area contributed by atoms with Gasteiger partial charge in [0.2, 0.25) is 11.8 Å². The van der Waals surface area contributed by atoms with E-state index in [1.54, 1.807) is 13.8 Å². The molecule has 0 bridgehead atoms. The van der Waals surface area contributed by atoms with E-state index < -0.39 is 18.3 Å². The molecule has 0 aromatic carbocycles. The Morgan fingerprint density at radius 2 is 2.06 bits per heavy atom. The Bertz CT molecular complexity index is 305. The van der Waals surface area contributed by atoms with Gasteiger partial charge >= 0.3 is 0 Å². The number of hydrogen-bond donors (Lipinski definition) is 1. The number of nitrogens with zero attached hydrogens (tertiary/aromatic N) is 1. The number of amides is 2. The maximum atomic E-state index is 12.2. The van der Waals surface area contributed by atoms with Crippen molar-refractivity contribution in [2.24, 2.45) is 0 Å². The second kappa shape index (κ2) is 5.47. The largest absolute Gasteiger partial charge is 0.340 e. The van der Waals surface area contributed by atoms with Crippen molar-refractivity contribution in [1.82, 2.24) is 10.2 Å². The van der Waals surface area contributed by atoms with Gasteiger partial charge in [-0.1, -0.05) is 13.3 Å². The molecule has 0 radical (unpaired) electrons. The summed E-state index contributed by atoms with van der Waals surface area (Å²) in [6.45, 7) is 5.17. The fraction of sp³-hybridized carbons (Fsp3) is 0.833. The number of hydrogen-bond acceptors (Lipinski definition) is 2. The normalized spacial score (nSPS) is 23.8. The number of rotatable bonds is 5. The highest BCUT2D eigenvalue weighted by Crippen LogP contribution is 2.21. The van der Waals surface area contributed by atoms with Gasteiger partial charge in [-0.25, -0.2) is 0 Å². The summed E-state index contributed by atoms with van der Waals surface area (Å²) in [4.78, 5) is 25.6. The van der Waals surface area contributed by atoms with Crippen LogP contribution < -0.4 is 5.32 Å². The van der Waals surface area contributed by atoms with Crippen LogP contribution in [0, 0.1) is 0 Å². The maximum absolute atomic E-state index is 12.2. The molecule has 4 nitrogen and oxygen atoms in total. The summed E-state index contributed by atoms with van der Waals surface area (Å²) in [5.41, 5.74) is -0.877. The van der Waals surface area contributed by atoms with E-state index in [0.717, 1.165) is 6.42 Å². The summed E-state index contributed by atoms with van der Waals surface area (Å²) in [6, 6.07) is -0.438. The first-order valence-corrected chi connectivity index (χ1v) is 6.13. The zero-order valence-corrected chi connectivity index (χ0v) is 10.8. The number of piperazine rings is 1. The molecule has 1 saturated heterocycles. The Kier molecular flexibility index (Phi) is 4.48. The third-order valence-electron chi connectivity index (χ3n) is 3.00. The highest BCUT2D eigenvalue weighted by molar-refractivity contribution is 5.99. The molecule has 0 aliphatic carbocycles. The third kappa shape index (κ3) is 2.96. The molecule has 1 N–H and O–H groups in total. The SMILES string of the molecule is CCCC1C(=O)NC(C)(C)C(=O)N1CCCF. The van der Waals surface area contributed by atoms with Crippen molar-refractivity contribution in [2.45, 2.75) is 51.6 Å². The van der Waals surface area contributed by atoms with Crippen molar-refractivity contribution < 1.29 is 14.0 Å². The van der Waals surface area contributed by atoms with Gasteiger partial charge in [0.05, 0.1) is 6.67 Å². The average Bonchev–Trinajstić information content (AvgIpc) is 2.25. The molecule has 98 valence electrons. The molecule has 2 amide bonds. The molecular formula is C12H21FN2O2. The molecule has 17 heavy (non-hydrogen) atoms. The highest BCUT2D eigenvalue weighted by Gasteiger charge is 2.44. The third-order valence-corrected chi connectivity index (χ3v) is 3.00. The van der Waals surface area contributed by atoms with E-state index in [2.05, 4.69) is 5.32 Å². The van der Waals surface area contributed by atoms with Crippen molar-refractivity contribution in [3.63, 3.8) is 0 Å². The van der Waals surface area contributed by atoms with Crippen molar-refractivity contribution in [1.29, 1.82) is 0 Å². The predicted molar refractivity (Wildman–Crippen MR) is 63.2 cm³/mol. The Morgan fingerprint density at radius 1 is 1.41 bits per heavy atom. The lowest BCUT2D eigenvalue weighted by Crippen LogP contribution is -2.68. The van der Waals surface area contributed by atoms with E-state index in [9.17, 15) is 14.0 Å². The smallest absolute Gasteiger partial charge is 0.248 e. The standard InChI is InChI=1S/C12H21FN2O2/c1-4-6-9-10(16)14-12(2,3)11(17)15(9)8-5-7-13/h9H,4-8H2,1-3H3,(H,14,16). The lowest BCUT2D eigenvalue weighted by atomic mass is 9.94. The Hall–Kier alpha value is -1.13. The minimum atomic E-state index is -0.877. The van der Waals surface area contributed by atoms with Gasteiger partial charge in [0.1, 0.15) is 11.6 Å². The molecule has 5 heteroatoms. The lowest BCUT2D eigenvalue weighted by molar-refractivity contribution is -0.153. The van der Waals surface area contributed by atoms with E-state index in [1.165, 1.54) is 4.90 Å². The van der Waals surface area contributed by atoms with Crippen molar-refractivity contribution in [3.05, 3.63) is 0 Å². The minimum absolute atomic E-state index is 0.121. The Labute approximate surface area is 102 Å². The average molecular weight is 244 g/mol. The molecule has 1 rings (SSSR count). The number of nitrogens with one attached hydrogen (secondary N) is 1. The summed E-state index contributed by atoms with van der Waals surface area (Å²) in [6.07, 6.45) is 1.73. The monoisotopic (exact) mass is 244 g/mol. The summed E-state index contributed by atoms with van der Waals surface area (Å²) in [5, 5.41) is 2.72. The van der Waals surface area contributed by atoms with Crippen LogP contribution in [0.25, 0.3) is 0 Å². The van der Waals surface area contributed by atoms with Crippen LogP contribution in [-0.4, -0.2) is 41.5 Å². The first kappa shape index (κ1) is 13.9. The van der Waals surface area contributed by atoms with Gasteiger partial charge in [0.15, 0.2) is 0 Å². The first-order chi connectivity index (χ1) is 7.94. The van der Waals surface area contributed by atoms with E-state index in [0.29, 0.717) is 13.0 Å². The van der Waals surface area contributed by atoms with Gasteiger partial charge in [-0.05, 0) is 26.7 Å². The molecule has 1 unspecified atom stereocenters. The number of halogens is 1. The topological polar surface area (TPSA) is 49.4 Å². The predicted octanol–water partition coefficient (Wildman–Crippen LogP) is 1.25. The fourth-order valence-corrected chi connectivity index (χ4v) is 2.13.